The molecule has 1 aromatic carbocycles. The van der Waals surface area contributed by atoms with Crippen molar-refractivity contribution >= 4 is 35.9 Å². The van der Waals surface area contributed by atoms with Crippen LogP contribution in [0.1, 0.15) is 32.6 Å². The van der Waals surface area contributed by atoms with Crippen molar-refractivity contribution < 1.29 is 19.1 Å². The van der Waals surface area contributed by atoms with Crippen LogP contribution >= 0.6 is 12.4 Å². The second-order valence-electron chi connectivity index (χ2n) is 6.72. The van der Waals surface area contributed by atoms with Gasteiger partial charge < -0.3 is 21.1 Å². The predicted octanol–water partition coefficient (Wildman–Crippen LogP) is 1.64. The fraction of sp³-hybridized carbons (Fsp3) is 0.500. The van der Waals surface area contributed by atoms with Gasteiger partial charge in [-0.2, -0.15) is 0 Å². The SMILES string of the molecule is CC(C(=O)Nc1ccc(OCCN)cc1)N1C(=O)NC2(CCCC2)C1=O.Cl. The van der Waals surface area contributed by atoms with Gasteiger partial charge in [0, 0.05) is 12.2 Å². The van der Waals surface area contributed by atoms with Crippen LogP contribution in [-0.2, 0) is 9.59 Å². The van der Waals surface area contributed by atoms with E-state index in [4.69, 9.17) is 10.5 Å². The molecule has 2 aliphatic rings. The number of anilines is 1. The molecule has 1 aliphatic heterocycles. The average molecular weight is 397 g/mol. The van der Waals surface area contributed by atoms with E-state index in [-0.39, 0.29) is 18.3 Å². The molecule has 1 saturated carbocycles. The third-order valence-corrected chi connectivity index (χ3v) is 4.93. The molecular weight excluding hydrogens is 372 g/mol. The maximum absolute atomic E-state index is 12.7. The number of hydrogen-bond acceptors (Lipinski definition) is 5. The summed E-state index contributed by atoms with van der Waals surface area (Å²) in [6, 6.07) is 5.44. The van der Waals surface area contributed by atoms with Gasteiger partial charge in [0.25, 0.3) is 5.91 Å². The lowest BCUT2D eigenvalue weighted by molar-refractivity contribution is -0.136. The van der Waals surface area contributed by atoms with Crippen LogP contribution in [0.3, 0.4) is 0 Å². The van der Waals surface area contributed by atoms with Gasteiger partial charge in [0.2, 0.25) is 5.91 Å². The van der Waals surface area contributed by atoms with Gasteiger partial charge in [-0.15, -0.1) is 12.4 Å². The molecule has 1 atom stereocenters. The Labute approximate surface area is 164 Å². The Kier molecular flexibility index (Phi) is 6.67. The van der Waals surface area contributed by atoms with Crippen LogP contribution in [0.15, 0.2) is 24.3 Å². The lowest BCUT2D eigenvalue weighted by Gasteiger charge is -2.23. The molecule has 3 rings (SSSR count). The van der Waals surface area contributed by atoms with Gasteiger partial charge in [-0.25, -0.2) is 9.69 Å². The zero-order valence-electron chi connectivity index (χ0n) is 15.2. The van der Waals surface area contributed by atoms with Crippen molar-refractivity contribution in [3.63, 3.8) is 0 Å². The number of amides is 4. The second kappa shape index (κ2) is 8.58. The monoisotopic (exact) mass is 396 g/mol. The minimum Gasteiger partial charge on any atom is -0.492 e. The number of ether oxygens (including phenoxy) is 1. The number of benzene rings is 1. The predicted molar refractivity (Wildman–Crippen MR) is 103 cm³/mol. The molecule has 1 heterocycles. The summed E-state index contributed by atoms with van der Waals surface area (Å²) in [6.45, 7) is 2.39. The number of hydrogen-bond donors (Lipinski definition) is 3. The van der Waals surface area contributed by atoms with Gasteiger partial charge in [0.05, 0.1) is 0 Å². The number of halogens is 1. The third kappa shape index (κ3) is 4.17. The van der Waals surface area contributed by atoms with E-state index >= 15 is 0 Å². The van der Waals surface area contributed by atoms with Crippen molar-refractivity contribution in [2.24, 2.45) is 5.73 Å². The van der Waals surface area contributed by atoms with E-state index in [1.165, 1.54) is 0 Å². The van der Waals surface area contributed by atoms with Crippen molar-refractivity contribution in [3.05, 3.63) is 24.3 Å². The van der Waals surface area contributed by atoms with E-state index in [0.717, 1.165) is 17.7 Å². The van der Waals surface area contributed by atoms with Gasteiger partial charge in [-0.1, -0.05) is 12.8 Å². The highest BCUT2D eigenvalue weighted by Gasteiger charge is 2.54. The Morgan fingerprint density at radius 1 is 1.30 bits per heavy atom. The maximum atomic E-state index is 12.7. The Morgan fingerprint density at radius 3 is 2.52 bits per heavy atom. The first kappa shape index (κ1) is 21.0. The lowest BCUT2D eigenvalue weighted by atomic mass is 9.97. The summed E-state index contributed by atoms with van der Waals surface area (Å²) in [5.41, 5.74) is 5.13. The fourth-order valence-electron chi connectivity index (χ4n) is 3.49. The van der Waals surface area contributed by atoms with Crippen LogP contribution in [0.25, 0.3) is 0 Å². The van der Waals surface area contributed by atoms with Crippen LogP contribution in [-0.4, -0.2) is 47.5 Å². The molecule has 1 unspecified atom stereocenters. The molecule has 0 bridgehead atoms. The summed E-state index contributed by atoms with van der Waals surface area (Å²) in [5, 5.41) is 5.52. The van der Waals surface area contributed by atoms with Crippen LogP contribution < -0.4 is 21.1 Å². The molecule has 27 heavy (non-hydrogen) atoms. The number of nitrogens with two attached hydrogens (primary N) is 1. The Bertz CT molecular complexity index is 704. The number of carbonyl (C=O) groups excluding carboxylic acids is 3. The molecule has 1 spiro atoms. The van der Waals surface area contributed by atoms with E-state index in [9.17, 15) is 14.4 Å². The highest BCUT2D eigenvalue weighted by Crippen LogP contribution is 2.35. The molecule has 8 nitrogen and oxygen atoms in total. The zero-order valence-corrected chi connectivity index (χ0v) is 16.0. The number of carbonyl (C=O) groups is 3. The minimum absolute atomic E-state index is 0. The second-order valence-corrected chi connectivity index (χ2v) is 6.72. The number of nitrogens with one attached hydrogen (secondary N) is 2. The Balaban J connectivity index is 0.00000261. The summed E-state index contributed by atoms with van der Waals surface area (Å²) in [6.07, 6.45) is 3.07. The molecule has 9 heteroatoms. The zero-order chi connectivity index (χ0) is 18.7. The number of imide groups is 1. The van der Waals surface area contributed by atoms with E-state index in [0.29, 0.717) is 37.4 Å². The van der Waals surface area contributed by atoms with Crippen LogP contribution in [0, 0.1) is 0 Å². The normalized spacial score (nSPS) is 18.8. The van der Waals surface area contributed by atoms with Crippen LogP contribution in [0.4, 0.5) is 10.5 Å². The first-order chi connectivity index (χ1) is 12.5. The van der Waals surface area contributed by atoms with E-state index in [1.54, 1.807) is 31.2 Å². The maximum Gasteiger partial charge on any atom is 0.325 e. The summed E-state index contributed by atoms with van der Waals surface area (Å²) < 4.78 is 5.38. The number of nitrogens with zero attached hydrogens (tertiary/aromatic N) is 1. The molecule has 4 amide bonds. The van der Waals surface area contributed by atoms with Gasteiger partial charge in [0.1, 0.15) is 23.9 Å². The van der Waals surface area contributed by atoms with Gasteiger partial charge in [0.15, 0.2) is 0 Å². The van der Waals surface area contributed by atoms with E-state index < -0.39 is 23.5 Å². The summed E-state index contributed by atoms with van der Waals surface area (Å²) in [5.74, 6) is -0.0638. The van der Waals surface area contributed by atoms with Gasteiger partial charge in [-0.3, -0.25) is 9.59 Å². The van der Waals surface area contributed by atoms with E-state index in [2.05, 4.69) is 10.6 Å². The summed E-state index contributed by atoms with van der Waals surface area (Å²) in [4.78, 5) is 38.6. The lowest BCUT2D eigenvalue weighted by Crippen LogP contribution is -2.48. The van der Waals surface area contributed by atoms with Crippen molar-refractivity contribution in [2.75, 3.05) is 18.5 Å². The highest BCUT2D eigenvalue weighted by molar-refractivity contribution is 6.11. The standard InChI is InChI=1S/C18H24N4O4.ClH/c1-12(22-16(24)18(21-17(22)25)8-2-3-9-18)15(23)20-13-4-6-14(7-5-13)26-11-10-19;/h4-7,12H,2-3,8-11,19H2,1H3,(H,20,23)(H,21,25);1H. The summed E-state index contributed by atoms with van der Waals surface area (Å²) in [7, 11) is 0. The summed E-state index contributed by atoms with van der Waals surface area (Å²) >= 11 is 0. The molecule has 0 radical (unpaired) electrons. The molecule has 1 saturated heterocycles. The first-order valence-electron chi connectivity index (χ1n) is 8.86. The molecule has 1 aliphatic carbocycles. The minimum atomic E-state index is -0.893. The molecule has 1 aromatic rings. The molecule has 2 fully saturated rings. The average Bonchev–Trinajstić information content (AvgIpc) is 3.19. The molecule has 148 valence electrons. The fourth-order valence-corrected chi connectivity index (χ4v) is 3.49. The van der Waals surface area contributed by atoms with Crippen molar-refractivity contribution in [3.8, 4) is 5.75 Å². The van der Waals surface area contributed by atoms with Gasteiger partial charge in [-0.05, 0) is 44.0 Å². The largest absolute Gasteiger partial charge is 0.492 e. The molecule has 4 N–H and O–H groups in total. The smallest absolute Gasteiger partial charge is 0.325 e. The highest BCUT2D eigenvalue weighted by atomic mass is 35.5. The Morgan fingerprint density at radius 2 is 1.93 bits per heavy atom. The van der Waals surface area contributed by atoms with Crippen LogP contribution in [0.2, 0.25) is 0 Å². The van der Waals surface area contributed by atoms with E-state index in [1.807, 2.05) is 0 Å². The Hall–Kier alpha value is -2.32. The topological polar surface area (TPSA) is 114 Å². The van der Waals surface area contributed by atoms with Crippen LogP contribution in [0.5, 0.6) is 5.75 Å². The first-order valence-corrected chi connectivity index (χ1v) is 8.86. The third-order valence-electron chi connectivity index (χ3n) is 4.93. The quantitative estimate of drug-likeness (QED) is 0.632. The molecular formula is C18H25ClN4O4. The number of urea groups is 1. The van der Waals surface area contributed by atoms with Crippen molar-refractivity contribution in [1.29, 1.82) is 0 Å². The van der Waals surface area contributed by atoms with Gasteiger partial charge >= 0.3 is 6.03 Å². The number of rotatable bonds is 6. The van der Waals surface area contributed by atoms with Crippen molar-refractivity contribution in [2.45, 2.75) is 44.2 Å². The molecule has 0 aromatic heterocycles. The van der Waals surface area contributed by atoms with Crippen molar-refractivity contribution in [1.82, 2.24) is 10.2 Å².